The Hall–Kier alpha value is -3.82. The first kappa shape index (κ1) is 20.5. The second-order valence-electron chi connectivity index (χ2n) is 6.67. The molecule has 0 radical (unpaired) electrons. The smallest absolute Gasteiger partial charge is 0.295 e. The topological polar surface area (TPSA) is 127 Å². The van der Waals surface area contributed by atoms with Gasteiger partial charge in [-0.05, 0) is 36.4 Å². The molecule has 0 unspecified atom stereocenters. The van der Waals surface area contributed by atoms with Crippen LogP contribution in [0.1, 0.15) is 5.56 Å². The number of hydrogen-bond donors (Lipinski definition) is 2. The number of nitrogen functional groups attached to an aromatic ring is 1. The average Bonchev–Trinajstić information content (AvgIpc) is 2.78. The summed E-state index contributed by atoms with van der Waals surface area (Å²) in [5.74, 6) is 0.654. The van der Waals surface area contributed by atoms with Crippen molar-refractivity contribution >= 4 is 38.0 Å². The summed E-state index contributed by atoms with van der Waals surface area (Å²) in [6.45, 7) is 0.390. The summed E-state index contributed by atoms with van der Waals surface area (Å²) >= 11 is 0. The summed E-state index contributed by atoms with van der Waals surface area (Å²) in [6, 6.07) is 18.5. The summed E-state index contributed by atoms with van der Waals surface area (Å²) in [6.07, 6.45) is 3.43. The van der Waals surface area contributed by atoms with Crippen LogP contribution in [0.4, 0.5) is 17.1 Å². The Kier molecular flexibility index (Phi) is 5.61. The van der Waals surface area contributed by atoms with Crippen LogP contribution in [0.2, 0.25) is 0 Å². The van der Waals surface area contributed by atoms with Crippen LogP contribution in [0, 0.1) is 0 Å². The third kappa shape index (κ3) is 4.68. The number of hydrogen-bond acceptors (Lipinski definition) is 7. The van der Waals surface area contributed by atoms with Gasteiger partial charge in [0.25, 0.3) is 10.1 Å². The van der Waals surface area contributed by atoms with E-state index in [0.717, 1.165) is 5.56 Å². The van der Waals surface area contributed by atoms with Gasteiger partial charge in [-0.1, -0.05) is 30.3 Å². The van der Waals surface area contributed by atoms with E-state index in [9.17, 15) is 13.0 Å². The van der Waals surface area contributed by atoms with E-state index in [-0.39, 0.29) is 16.3 Å². The Labute approximate surface area is 178 Å². The lowest BCUT2D eigenvalue weighted by molar-refractivity contribution is 0.306. The molecule has 0 aliphatic carbocycles. The highest BCUT2D eigenvalue weighted by molar-refractivity contribution is 7.86. The summed E-state index contributed by atoms with van der Waals surface area (Å²) < 4.78 is 38.9. The average molecular weight is 434 g/mol. The highest BCUT2D eigenvalue weighted by atomic mass is 32.2. The van der Waals surface area contributed by atoms with Crippen LogP contribution >= 0.6 is 0 Å². The van der Waals surface area contributed by atoms with Crippen molar-refractivity contribution in [3.8, 4) is 5.75 Å². The van der Waals surface area contributed by atoms with Crippen molar-refractivity contribution in [2.24, 2.45) is 10.2 Å². The zero-order valence-electron chi connectivity index (χ0n) is 16.2. The van der Waals surface area contributed by atoms with Crippen LogP contribution in [-0.4, -0.2) is 18.0 Å². The number of azo groups is 1. The van der Waals surface area contributed by atoms with Crippen LogP contribution in [0.15, 0.2) is 94.2 Å². The fourth-order valence-corrected chi connectivity index (χ4v) is 3.73. The number of nitrogens with two attached hydrogens (primary N) is 1. The number of aromatic nitrogens is 1. The molecule has 31 heavy (non-hydrogen) atoms. The van der Waals surface area contributed by atoms with Crippen molar-refractivity contribution in [2.45, 2.75) is 11.5 Å². The van der Waals surface area contributed by atoms with Crippen LogP contribution < -0.4 is 10.5 Å². The lowest BCUT2D eigenvalue weighted by Crippen LogP contribution is -2.01. The van der Waals surface area contributed by atoms with Crippen LogP contribution in [0.3, 0.4) is 0 Å². The summed E-state index contributed by atoms with van der Waals surface area (Å²) in [7, 11) is -4.46. The molecule has 0 bridgehead atoms. The first-order valence-electron chi connectivity index (χ1n) is 9.24. The van der Waals surface area contributed by atoms with E-state index in [1.807, 2.05) is 12.1 Å². The second kappa shape index (κ2) is 8.50. The van der Waals surface area contributed by atoms with Gasteiger partial charge in [0.1, 0.15) is 22.9 Å². The van der Waals surface area contributed by atoms with Crippen molar-refractivity contribution in [3.63, 3.8) is 0 Å². The predicted octanol–water partition coefficient (Wildman–Crippen LogP) is 5.06. The Morgan fingerprint density at radius 2 is 1.71 bits per heavy atom. The van der Waals surface area contributed by atoms with Crippen molar-refractivity contribution in [2.75, 3.05) is 5.73 Å². The van der Waals surface area contributed by atoms with Crippen LogP contribution in [0.25, 0.3) is 10.8 Å². The van der Waals surface area contributed by atoms with E-state index in [2.05, 4.69) is 15.2 Å². The maximum Gasteiger partial charge on any atom is 0.295 e. The highest BCUT2D eigenvalue weighted by Gasteiger charge is 2.18. The quantitative estimate of drug-likeness (QED) is 0.248. The number of fused-ring (bicyclic) bond motifs is 1. The lowest BCUT2D eigenvalue weighted by atomic mass is 10.1. The lowest BCUT2D eigenvalue weighted by Gasteiger charge is -2.09. The molecular formula is C22H18N4O4S. The Morgan fingerprint density at radius 3 is 2.39 bits per heavy atom. The van der Waals surface area contributed by atoms with Crippen LogP contribution in [-0.2, 0) is 16.7 Å². The van der Waals surface area contributed by atoms with Crippen molar-refractivity contribution in [3.05, 3.63) is 84.7 Å². The Bertz CT molecular complexity index is 1360. The zero-order chi connectivity index (χ0) is 21.8. The van der Waals surface area contributed by atoms with Gasteiger partial charge in [0, 0.05) is 28.7 Å². The summed E-state index contributed by atoms with van der Waals surface area (Å²) in [5, 5.41) is 9.01. The number of benzene rings is 3. The van der Waals surface area contributed by atoms with E-state index < -0.39 is 10.1 Å². The minimum absolute atomic E-state index is 0.142. The van der Waals surface area contributed by atoms with Gasteiger partial charge in [-0.2, -0.15) is 13.5 Å². The molecule has 0 aliphatic heterocycles. The van der Waals surface area contributed by atoms with Gasteiger partial charge in [0.2, 0.25) is 0 Å². The number of rotatable bonds is 6. The predicted molar refractivity (Wildman–Crippen MR) is 117 cm³/mol. The molecule has 0 atom stereocenters. The van der Waals surface area contributed by atoms with E-state index >= 15 is 0 Å². The molecule has 1 heterocycles. The van der Waals surface area contributed by atoms with Gasteiger partial charge in [-0.25, -0.2) is 0 Å². The third-order valence-electron chi connectivity index (χ3n) is 4.54. The first-order valence-corrected chi connectivity index (χ1v) is 10.7. The zero-order valence-corrected chi connectivity index (χ0v) is 17.0. The van der Waals surface area contributed by atoms with Crippen molar-refractivity contribution < 1.29 is 17.7 Å². The van der Waals surface area contributed by atoms with Gasteiger partial charge >= 0.3 is 0 Å². The molecule has 9 heteroatoms. The summed E-state index contributed by atoms with van der Waals surface area (Å²) in [5.41, 5.74) is 8.04. The number of anilines is 1. The Morgan fingerprint density at radius 1 is 0.968 bits per heavy atom. The number of nitrogens with zero attached hydrogens (tertiary/aromatic N) is 3. The van der Waals surface area contributed by atoms with E-state index in [1.165, 1.54) is 6.07 Å². The van der Waals surface area contributed by atoms with Gasteiger partial charge in [-0.3, -0.25) is 9.54 Å². The molecule has 1 aromatic heterocycles. The molecule has 4 aromatic rings. The molecule has 0 spiro atoms. The number of pyridine rings is 1. The molecule has 0 saturated heterocycles. The molecule has 156 valence electrons. The fraction of sp³-hybridized carbons (Fsp3) is 0.0455. The maximum atomic E-state index is 11.8. The van der Waals surface area contributed by atoms with Gasteiger partial charge in [-0.15, -0.1) is 5.11 Å². The molecule has 0 saturated carbocycles. The van der Waals surface area contributed by atoms with Gasteiger partial charge in [0.05, 0.1) is 11.4 Å². The van der Waals surface area contributed by atoms with Crippen molar-refractivity contribution in [1.82, 2.24) is 4.98 Å². The minimum Gasteiger partial charge on any atom is -0.489 e. The maximum absolute atomic E-state index is 11.8. The number of ether oxygens (including phenoxy) is 1. The molecule has 3 aromatic carbocycles. The van der Waals surface area contributed by atoms with E-state index in [0.29, 0.717) is 28.8 Å². The Balaban J connectivity index is 1.58. The molecule has 3 N–H and O–H groups in total. The fourth-order valence-electron chi connectivity index (χ4n) is 3.02. The largest absolute Gasteiger partial charge is 0.489 e. The molecule has 0 aliphatic rings. The SMILES string of the molecule is Nc1c(/N=N/c2ccc(OCc3cccnc3)cc2)cc(S(=O)(=O)O)c2ccccc12. The molecule has 0 fully saturated rings. The second-order valence-corrected chi connectivity index (χ2v) is 8.06. The van der Waals surface area contributed by atoms with Crippen LogP contribution in [0.5, 0.6) is 5.75 Å². The minimum atomic E-state index is -4.46. The molecule has 8 nitrogen and oxygen atoms in total. The van der Waals surface area contributed by atoms with E-state index in [4.69, 9.17) is 10.5 Å². The monoisotopic (exact) mass is 434 g/mol. The highest BCUT2D eigenvalue weighted by Crippen LogP contribution is 2.36. The molecule has 0 amide bonds. The van der Waals surface area contributed by atoms with Crippen molar-refractivity contribution in [1.29, 1.82) is 0 Å². The van der Waals surface area contributed by atoms with Gasteiger partial charge in [0.15, 0.2) is 0 Å². The third-order valence-corrected chi connectivity index (χ3v) is 5.44. The normalized spacial score (nSPS) is 11.8. The molecule has 4 rings (SSSR count). The standard InChI is InChI=1S/C22H18N4O4S/c23-22-19-6-2-1-5-18(19)21(31(27,28)29)12-20(22)26-25-16-7-9-17(10-8-16)30-14-15-4-3-11-24-13-15/h1-13H,14,23H2,(H,27,28,29)/b26-25+. The van der Waals surface area contributed by atoms with E-state index in [1.54, 1.807) is 60.9 Å². The molecular weight excluding hydrogens is 416 g/mol. The van der Waals surface area contributed by atoms with Gasteiger partial charge < -0.3 is 10.5 Å². The summed E-state index contributed by atoms with van der Waals surface area (Å²) in [4.78, 5) is 3.77. The first-order chi connectivity index (χ1) is 14.9.